The zero-order chi connectivity index (χ0) is 43.9. The number of hydrogen-bond acceptors (Lipinski definition) is 11. The molecule has 12 nitrogen and oxygen atoms in total. The zero-order valence-electron chi connectivity index (χ0n) is 38.3. The second-order valence-corrected chi connectivity index (χ2v) is 18.5. The summed E-state index contributed by atoms with van der Waals surface area (Å²) in [6, 6.07) is 0. The Morgan fingerprint density at radius 1 is 0.567 bits per heavy atom. The first-order valence-corrected chi connectivity index (χ1v) is 26.2. The molecule has 0 radical (unpaired) electrons. The average molecular weight is 881 g/mol. The van der Waals surface area contributed by atoms with Gasteiger partial charge in [0.2, 0.25) is 0 Å². The van der Waals surface area contributed by atoms with Crippen LogP contribution in [0.25, 0.3) is 0 Å². The lowest BCUT2D eigenvalue weighted by Crippen LogP contribution is -2.60. The van der Waals surface area contributed by atoms with Crippen molar-refractivity contribution in [3.63, 3.8) is 0 Å². The van der Waals surface area contributed by atoms with Crippen molar-refractivity contribution in [2.24, 2.45) is 0 Å². The monoisotopic (exact) mass is 881 g/mol. The van der Waals surface area contributed by atoms with Gasteiger partial charge in [-0.3, -0.25) is 9.35 Å². The molecule has 0 bridgehead atoms. The molecular formula is C47H92O12S. The SMILES string of the molecule is CCCCCCCCCCCCCCCCCCCCCCC(=O)OC(COCCCCCCCCCCCCCCC)COC1OC(CO)C(O)C(OS(=O)(=O)O)C1O. The predicted octanol–water partition coefficient (Wildman–Crippen LogP) is 10.9. The first-order valence-electron chi connectivity index (χ1n) is 24.8. The van der Waals surface area contributed by atoms with E-state index in [1.165, 1.54) is 167 Å². The van der Waals surface area contributed by atoms with E-state index in [2.05, 4.69) is 18.0 Å². The molecule has 1 aliphatic heterocycles. The van der Waals surface area contributed by atoms with E-state index >= 15 is 0 Å². The zero-order valence-corrected chi connectivity index (χ0v) is 39.1. The summed E-state index contributed by atoms with van der Waals surface area (Å²) in [5, 5.41) is 30.7. The van der Waals surface area contributed by atoms with Gasteiger partial charge in [0.1, 0.15) is 30.5 Å². The number of carbonyl (C=O) groups is 1. The highest BCUT2D eigenvalue weighted by atomic mass is 32.3. The van der Waals surface area contributed by atoms with Crippen LogP contribution in [0.4, 0.5) is 0 Å². The Kier molecular flexibility index (Phi) is 37.8. The Morgan fingerprint density at radius 2 is 0.950 bits per heavy atom. The molecule has 1 rings (SSSR count). The smallest absolute Gasteiger partial charge is 0.397 e. The molecule has 1 fully saturated rings. The first-order chi connectivity index (χ1) is 29.1. The van der Waals surface area contributed by atoms with Crippen molar-refractivity contribution in [2.45, 2.75) is 269 Å². The number of hydrogen-bond donors (Lipinski definition) is 4. The fourth-order valence-electron chi connectivity index (χ4n) is 7.97. The topological polar surface area (TPSA) is 178 Å². The van der Waals surface area contributed by atoms with Gasteiger partial charge in [0.25, 0.3) is 0 Å². The highest BCUT2D eigenvalue weighted by Gasteiger charge is 2.48. The first kappa shape index (κ1) is 57.1. The van der Waals surface area contributed by atoms with Crippen LogP contribution in [0.3, 0.4) is 0 Å². The molecule has 6 unspecified atom stereocenters. The van der Waals surface area contributed by atoms with Gasteiger partial charge in [-0.05, 0) is 12.8 Å². The predicted molar refractivity (Wildman–Crippen MR) is 239 cm³/mol. The molecule has 1 aliphatic rings. The lowest BCUT2D eigenvalue weighted by Gasteiger charge is -2.41. The van der Waals surface area contributed by atoms with Crippen LogP contribution in [0, 0.1) is 0 Å². The molecule has 1 saturated heterocycles. The Bertz CT molecular complexity index is 1060. The van der Waals surface area contributed by atoms with Crippen LogP contribution < -0.4 is 0 Å². The van der Waals surface area contributed by atoms with Crippen molar-refractivity contribution in [3.8, 4) is 0 Å². The number of rotatable bonds is 44. The second kappa shape index (κ2) is 39.7. The summed E-state index contributed by atoms with van der Waals surface area (Å²) in [4.78, 5) is 12.9. The fourth-order valence-corrected chi connectivity index (χ4v) is 8.48. The maximum Gasteiger partial charge on any atom is 0.397 e. The van der Waals surface area contributed by atoms with Crippen LogP contribution in [-0.2, 0) is 38.3 Å². The summed E-state index contributed by atoms with van der Waals surface area (Å²) in [6.45, 7) is 4.04. The van der Waals surface area contributed by atoms with Gasteiger partial charge in [0.05, 0.1) is 19.8 Å². The van der Waals surface area contributed by atoms with E-state index < -0.39 is 59.8 Å². The molecule has 13 heteroatoms. The molecule has 0 saturated carbocycles. The quantitative estimate of drug-likeness (QED) is 0.0259. The van der Waals surface area contributed by atoms with Gasteiger partial charge in [0, 0.05) is 13.0 Å². The molecule has 0 spiro atoms. The molecule has 0 amide bonds. The molecule has 0 aliphatic carbocycles. The van der Waals surface area contributed by atoms with Gasteiger partial charge in [0.15, 0.2) is 6.29 Å². The second-order valence-electron chi connectivity index (χ2n) is 17.4. The number of esters is 1. The van der Waals surface area contributed by atoms with E-state index in [1.54, 1.807) is 0 Å². The van der Waals surface area contributed by atoms with E-state index in [0.29, 0.717) is 13.0 Å². The molecule has 0 aromatic carbocycles. The number of unbranched alkanes of at least 4 members (excludes halogenated alkanes) is 31. The molecule has 358 valence electrons. The third-order valence-corrected chi connectivity index (χ3v) is 12.2. The Balaban J connectivity index is 2.34. The van der Waals surface area contributed by atoms with Crippen LogP contribution in [0.15, 0.2) is 0 Å². The van der Waals surface area contributed by atoms with Crippen molar-refractivity contribution < 1.29 is 56.2 Å². The summed E-state index contributed by atoms with van der Waals surface area (Å²) in [5.41, 5.74) is 0. The lowest BCUT2D eigenvalue weighted by atomic mass is 9.99. The minimum absolute atomic E-state index is 0.0447. The molecule has 0 aromatic rings. The summed E-state index contributed by atoms with van der Waals surface area (Å²) in [6.07, 6.45) is 32.8. The molecule has 0 aromatic heterocycles. The van der Waals surface area contributed by atoms with Crippen molar-refractivity contribution in [2.75, 3.05) is 26.4 Å². The van der Waals surface area contributed by atoms with Crippen LogP contribution >= 0.6 is 0 Å². The van der Waals surface area contributed by atoms with E-state index in [-0.39, 0.29) is 19.6 Å². The van der Waals surface area contributed by atoms with E-state index in [1.807, 2.05) is 0 Å². The third-order valence-electron chi connectivity index (χ3n) is 11.7. The minimum Gasteiger partial charge on any atom is -0.457 e. The number of ether oxygens (including phenoxy) is 4. The van der Waals surface area contributed by atoms with E-state index in [0.717, 1.165) is 38.5 Å². The van der Waals surface area contributed by atoms with Crippen LogP contribution in [-0.4, -0.2) is 97.5 Å². The van der Waals surface area contributed by atoms with E-state index in [4.69, 9.17) is 23.5 Å². The number of aliphatic hydroxyl groups is 3. The highest BCUT2D eigenvalue weighted by molar-refractivity contribution is 7.80. The van der Waals surface area contributed by atoms with Crippen molar-refractivity contribution in [1.29, 1.82) is 0 Å². The highest BCUT2D eigenvalue weighted by Crippen LogP contribution is 2.26. The van der Waals surface area contributed by atoms with Gasteiger partial charge < -0.3 is 34.3 Å². The molecular weight excluding hydrogens is 789 g/mol. The molecule has 6 atom stereocenters. The maximum absolute atomic E-state index is 12.9. The Hall–Kier alpha value is -0.900. The van der Waals surface area contributed by atoms with Gasteiger partial charge in [-0.2, -0.15) is 8.42 Å². The summed E-state index contributed by atoms with van der Waals surface area (Å²) in [5.74, 6) is -0.392. The van der Waals surface area contributed by atoms with Gasteiger partial charge in [-0.25, -0.2) is 4.18 Å². The number of aliphatic hydroxyl groups excluding tert-OH is 3. The van der Waals surface area contributed by atoms with Gasteiger partial charge in [-0.15, -0.1) is 0 Å². The summed E-state index contributed by atoms with van der Waals surface area (Å²) in [7, 11) is -5.06. The largest absolute Gasteiger partial charge is 0.457 e. The number of carbonyl (C=O) groups excluding carboxylic acids is 1. The van der Waals surface area contributed by atoms with E-state index in [9.17, 15) is 28.5 Å². The fraction of sp³-hybridized carbons (Fsp3) is 0.979. The van der Waals surface area contributed by atoms with Crippen LogP contribution in [0.2, 0.25) is 0 Å². The van der Waals surface area contributed by atoms with Crippen LogP contribution in [0.5, 0.6) is 0 Å². The standard InChI is InChI=1S/C47H92O12S/c1-3-5-7-9-11-13-15-17-18-19-20-21-22-23-24-26-28-30-32-34-36-43(49)57-41(39-55-37-35-33-31-29-27-25-16-14-12-10-8-6-4-2)40-56-47-45(51)46(59-60(52,53)54)44(50)42(38-48)58-47/h41-42,44-48,50-51H,3-40H2,1-2H3,(H,52,53,54). The van der Waals surface area contributed by atoms with Gasteiger partial charge in [-0.1, -0.05) is 213 Å². The average Bonchev–Trinajstić information content (AvgIpc) is 3.22. The van der Waals surface area contributed by atoms with Gasteiger partial charge >= 0.3 is 16.4 Å². The lowest BCUT2D eigenvalue weighted by molar-refractivity contribution is -0.301. The van der Waals surface area contributed by atoms with Crippen molar-refractivity contribution in [3.05, 3.63) is 0 Å². The normalized spacial score (nSPS) is 20.1. The molecule has 60 heavy (non-hydrogen) atoms. The Morgan fingerprint density at radius 3 is 1.33 bits per heavy atom. The maximum atomic E-state index is 12.9. The van der Waals surface area contributed by atoms with Crippen LogP contribution in [0.1, 0.15) is 232 Å². The van der Waals surface area contributed by atoms with Crippen molar-refractivity contribution in [1.82, 2.24) is 0 Å². The third kappa shape index (κ3) is 32.7. The summed E-state index contributed by atoms with van der Waals surface area (Å²) >= 11 is 0. The molecule has 1 heterocycles. The molecule has 4 N–H and O–H groups in total. The van der Waals surface area contributed by atoms with Crippen molar-refractivity contribution >= 4 is 16.4 Å². The Labute approximate surface area is 366 Å². The minimum atomic E-state index is -5.06. The summed E-state index contributed by atoms with van der Waals surface area (Å²) < 4.78 is 59.1.